The van der Waals surface area contributed by atoms with E-state index in [0.717, 1.165) is 12.8 Å². The Labute approximate surface area is 164 Å². The normalized spacial score (nSPS) is 11.5. The highest BCUT2D eigenvalue weighted by molar-refractivity contribution is 6.32. The van der Waals surface area contributed by atoms with Gasteiger partial charge in [0.05, 0.1) is 17.2 Å². The van der Waals surface area contributed by atoms with E-state index in [-0.39, 0.29) is 11.9 Å². The van der Waals surface area contributed by atoms with Gasteiger partial charge in [-0.3, -0.25) is 4.79 Å². The molecule has 0 saturated heterocycles. The highest BCUT2D eigenvalue weighted by Crippen LogP contribution is 2.25. The Hall–Kier alpha value is -2.53. The number of benzene rings is 2. The third-order valence-electron chi connectivity index (χ3n) is 3.89. The van der Waals surface area contributed by atoms with Gasteiger partial charge >= 0.3 is 5.97 Å². The van der Waals surface area contributed by atoms with Crippen molar-refractivity contribution in [3.8, 4) is 5.75 Å². The highest BCUT2D eigenvalue weighted by Gasteiger charge is 2.19. The number of nitrogens with one attached hydrogen (secondary N) is 1. The maximum Gasteiger partial charge on any atom is 0.338 e. The molecule has 0 fully saturated rings. The van der Waals surface area contributed by atoms with Crippen molar-refractivity contribution >= 4 is 29.2 Å². The molecule has 6 heteroatoms. The Kier molecular flexibility index (Phi) is 8.14. The van der Waals surface area contributed by atoms with Crippen molar-refractivity contribution in [3.05, 3.63) is 59.1 Å². The van der Waals surface area contributed by atoms with Crippen LogP contribution in [0.5, 0.6) is 5.75 Å². The molecule has 1 N–H and O–H groups in total. The predicted octanol–water partition coefficient (Wildman–Crippen LogP) is 5.09. The van der Waals surface area contributed by atoms with E-state index in [4.69, 9.17) is 21.1 Å². The molecule has 1 amide bonds. The molecule has 0 spiro atoms. The van der Waals surface area contributed by atoms with Gasteiger partial charge in [0.25, 0.3) is 5.91 Å². The van der Waals surface area contributed by atoms with Crippen molar-refractivity contribution < 1.29 is 19.1 Å². The molecule has 0 unspecified atom stereocenters. The maximum atomic E-state index is 12.5. The zero-order valence-electron chi connectivity index (χ0n) is 15.5. The molecule has 27 heavy (non-hydrogen) atoms. The molecular weight excluding hydrogens is 366 g/mol. The highest BCUT2D eigenvalue weighted by atomic mass is 35.5. The summed E-state index contributed by atoms with van der Waals surface area (Å²) >= 11 is 6.08. The number of esters is 1. The Balaban J connectivity index is 1.95. The molecule has 2 rings (SSSR count). The third-order valence-corrected chi connectivity index (χ3v) is 4.20. The van der Waals surface area contributed by atoms with Gasteiger partial charge < -0.3 is 14.8 Å². The van der Waals surface area contributed by atoms with E-state index in [1.54, 1.807) is 48.5 Å². The summed E-state index contributed by atoms with van der Waals surface area (Å²) in [7, 11) is 0. The standard InChI is InChI=1S/C21H24ClNO4/c1-3-5-14-26-21(25)15-10-12-16(13-11-15)23-20(24)18(4-2)27-19-9-7-6-8-17(19)22/h6-13,18H,3-5,14H2,1-2H3,(H,23,24)/t18-/m1/s1. The fraction of sp³-hybridized carbons (Fsp3) is 0.333. The van der Waals surface area contributed by atoms with Crippen LogP contribution in [0, 0.1) is 0 Å². The molecule has 2 aromatic rings. The van der Waals surface area contributed by atoms with Crippen molar-refractivity contribution in [2.24, 2.45) is 0 Å². The number of para-hydroxylation sites is 1. The Bertz CT molecular complexity index is 761. The fourth-order valence-corrected chi connectivity index (χ4v) is 2.50. The average Bonchev–Trinajstić information content (AvgIpc) is 2.68. The second-order valence-corrected chi connectivity index (χ2v) is 6.41. The summed E-state index contributed by atoms with van der Waals surface area (Å²) in [6, 6.07) is 13.6. The molecule has 0 aliphatic rings. The first kappa shape index (κ1) is 20.8. The molecule has 144 valence electrons. The monoisotopic (exact) mass is 389 g/mol. The second-order valence-electron chi connectivity index (χ2n) is 6.00. The number of hydrogen-bond donors (Lipinski definition) is 1. The average molecular weight is 390 g/mol. The van der Waals surface area contributed by atoms with E-state index >= 15 is 0 Å². The van der Waals surface area contributed by atoms with E-state index in [0.29, 0.717) is 35.1 Å². The minimum atomic E-state index is -0.677. The van der Waals surface area contributed by atoms with Crippen LogP contribution in [-0.2, 0) is 9.53 Å². The Morgan fingerprint density at radius 3 is 2.41 bits per heavy atom. The van der Waals surface area contributed by atoms with Crippen LogP contribution in [0.15, 0.2) is 48.5 Å². The van der Waals surface area contributed by atoms with Gasteiger partial charge in [0.15, 0.2) is 6.10 Å². The smallest absolute Gasteiger partial charge is 0.338 e. The molecule has 0 radical (unpaired) electrons. The lowest BCUT2D eigenvalue weighted by Crippen LogP contribution is -2.32. The summed E-state index contributed by atoms with van der Waals surface area (Å²) in [5, 5.41) is 3.25. The van der Waals surface area contributed by atoms with Crippen LogP contribution in [0.2, 0.25) is 5.02 Å². The number of halogens is 1. The van der Waals surface area contributed by atoms with Gasteiger partial charge in [0, 0.05) is 5.69 Å². The van der Waals surface area contributed by atoms with E-state index in [1.165, 1.54) is 0 Å². The summed E-state index contributed by atoms with van der Waals surface area (Å²) < 4.78 is 10.9. The molecule has 0 bridgehead atoms. The van der Waals surface area contributed by atoms with E-state index < -0.39 is 6.10 Å². The van der Waals surface area contributed by atoms with Crippen LogP contribution in [0.4, 0.5) is 5.69 Å². The van der Waals surface area contributed by atoms with Gasteiger partial charge in [-0.25, -0.2) is 4.79 Å². The summed E-state index contributed by atoms with van der Waals surface area (Å²) in [6.07, 6.45) is 1.61. The number of anilines is 1. The van der Waals surface area contributed by atoms with Crippen molar-refractivity contribution in [1.29, 1.82) is 0 Å². The predicted molar refractivity (Wildman–Crippen MR) is 106 cm³/mol. The minimum Gasteiger partial charge on any atom is -0.479 e. The molecule has 0 aliphatic heterocycles. The van der Waals surface area contributed by atoms with Crippen molar-refractivity contribution in [1.82, 2.24) is 0 Å². The summed E-state index contributed by atoms with van der Waals surface area (Å²) in [5.74, 6) is -0.183. The van der Waals surface area contributed by atoms with Crippen LogP contribution >= 0.6 is 11.6 Å². The number of carbonyl (C=O) groups is 2. The lowest BCUT2D eigenvalue weighted by Gasteiger charge is -2.18. The first-order valence-corrected chi connectivity index (χ1v) is 9.42. The van der Waals surface area contributed by atoms with Gasteiger partial charge in [0.2, 0.25) is 0 Å². The summed E-state index contributed by atoms with van der Waals surface area (Å²) in [6.45, 7) is 4.30. The molecule has 2 aromatic carbocycles. The molecule has 0 heterocycles. The van der Waals surface area contributed by atoms with Crippen LogP contribution in [0.3, 0.4) is 0 Å². The SMILES string of the molecule is CCCCOC(=O)c1ccc(NC(=O)[C@@H](CC)Oc2ccccc2Cl)cc1. The van der Waals surface area contributed by atoms with E-state index in [1.807, 2.05) is 13.8 Å². The van der Waals surface area contributed by atoms with Crippen molar-refractivity contribution in [2.75, 3.05) is 11.9 Å². The van der Waals surface area contributed by atoms with Gasteiger partial charge in [-0.2, -0.15) is 0 Å². The van der Waals surface area contributed by atoms with Crippen LogP contribution in [0.1, 0.15) is 43.5 Å². The topological polar surface area (TPSA) is 64.6 Å². The number of hydrogen-bond acceptors (Lipinski definition) is 4. The lowest BCUT2D eigenvalue weighted by molar-refractivity contribution is -0.122. The molecule has 0 aromatic heterocycles. The third kappa shape index (κ3) is 6.29. The number of amides is 1. The quantitative estimate of drug-likeness (QED) is 0.479. The number of unbranched alkanes of at least 4 members (excludes halogenated alkanes) is 1. The summed E-state index contributed by atoms with van der Waals surface area (Å²) in [5.41, 5.74) is 1.02. The summed E-state index contributed by atoms with van der Waals surface area (Å²) in [4.78, 5) is 24.4. The van der Waals surface area contributed by atoms with Crippen LogP contribution in [0.25, 0.3) is 0 Å². The number of carbonyl (C=O) groups excluding carboxylic acids is 2. The van der Waals surface area contributed by atoms with Gasteiger partial charge in [-0.05, 0) is 49.2 Å². The van der Waals surface area contributed by atoms with Crippen molar-refractivity contribution in [2.45, 2.75) is 39.2 Å². The Morgan fingerprint density at radius 2 is 1.78 bits per heavy atom. The van der Waals surface area contributed by atoms with Gasteiger partial charge in [-0.15, -0.1) is 0 Å². The Morgan fingerprint density at radius 1 is 1.07 bits per heavy atom. The van der Waals surface area contributed by atoms with E-state index in [9.17, 15) is 9.59 Å². The number of ether oxygens (including phenoxy) is 2. The number of rotatable bonds is 9. The minimum absolute atomic E-state index is 0.282. The molecule has 0 saturated carbocycles. The fourth-order valence-electron chi connectivity index (χ4n) is 2.32. The second kappa shape index (κ2) is 10.6. The zero-order valence-corrected chi connectivity index (χ0v) is 16.3. The molecule has 0 aliphatic carbocycles. The lowest BCUT2D eigenvalue weighted by atomic mass is 10.2. The van der Waals surface area contributed by atoms with Crippen LogP contribution in [-0.4, -0.2) is 24.6 Å². The van der Waals surface area contributed by atoms with Gasteiger partial charge in [-0.1, -0.05) is 44.0 Å². The van der Waals surface area contributed by atoms with Gasteiger partial charge in [0.1, 0.15) is 5.75 Å². The molecule has 1 atom stereocenters. The van der Waals surface area contributed by atoms with Crippen LogP contribution < -0.4 is 10.1 Å². The van der Waals surface area contributed by atoms with E-state index in [2.05, 4.69) is 5.32 Å². The maximum absolute atomic E-state index is 12.5. The largest absolute Gasteiger partial charge is 0.479 e. The first-order chi connectivity index (χ1) is 13.0. The zero-order chi connectivity index (χ0) is 19.6. The molecule has 5 nitrogen and oxygen atoms in total. The first-order valence-electron chi connectivity index (χ1n) is 9.04. The molecular formula is C21H24ClNO4. The van der Waals surface area contributed by atoms with Crippen molar-refractivity contribution in [3.63, 3.8) is 0 Å².